The van der Waals surface area contributed by atoms with E-state index in [9.17, 15) is 29.4 Å². The fraction of sp³-hybridized carbons (Fsp3) is 0.455. The predicted molar refractivity (Wildman–Crippen MR) is 158 cm³/mol. The molecule has 0 bridgehead atoms. The van der Waals surface area contributed by atoms with Crippen LogP contribution in [0.25, 0.3) is 10.9 Å². The number of aromatic nitrogens is 1. The lowest BCUT2D eigenvalue weighted by Crippen LogP contribution is -2.58. The van der Waals surface area contributed by atoms with Crippen LogP contribution in [0.4, 0.5) is 0 Å². The monoisotopic (exact) mass is 576 g/mol. The molecule has 7 atom stereocenters. The van der Waals surface area contributed by atoms with Crippen LogP contribution in [0.15, 0.2) is 66.4 Å². The Kier molecular flexibility index (Phi) is 9.21. The summed E-state index contributed by atoms with van der Waals surface area (Å²) in [7, 11) is 1.25. The van der Waals surface area contributed by atoms with Gasteiger partial charge in [0.05, 0.1) is 19.6 Å². The molecule has 1 aliphatic carbocycles. The van der Waals surface area contributed by atoms with Crippen LogP contribution in [-0.2, 0) is 30.3 Å². The van der Waals surface area contributed by atoms with Crippen molar-refractivity contribution in [3.63, 3.8) is 0 Å². The van der Waals surface area contributed by atoms with Crippen LogP contribution < -0.4 is 5.32 Å². The number of hydrogen-bond acceptors (Lipinski definition) is 6. The Morgan fingerprint density at radius 3 is 2.62 bits per heavy atom. The molecule has 2 aromatic rings. The highest BCUT2D eigenvalue weighted by molar-refractivity contribution is 6.10. The van der Waals surface area contributed by atoms with Crippen molar-refractivity contribution in [3.05, 3.63) is 72.0 Å². The molecular formula is C33H40N2O7. The first kappa shape index (κ1) is 31.0. The first-order chi connectivity index (χ1) is 19.9. The molecule has 1 aromatic heterocycles. The zero-order valence-corrected chi connectivity index (χ0v) is 24.6. The Bertz CT molecular complexity index is 1450. The van der Waals surface area contributed by atoms with Gasteiger partial charge in [-0.1, -0.05) is 56.9 Å². The van der Waals surface area contributed by atoms with Crippen LogP contribution in [0.2, 0.25) is 0 Å². The molecule has 42 heavy (non-hydrogen) atoms. The SMILES string of the molecule is C=C1[C@@H](C)[C@H]2[C@H](Cc3c[nH]c4ccccc34)NC(=O)C2(C(=O)CCC(=O)OC)[C@@H](C=CC[C@H](C)C=C(C)C(=O)O)[C@@H]1O. The van der Waals surface area contributed by atoms with Gasteiger partial charge < -0.3 is 25.3 Å². The van der Waals surface area contributed by atoms with Gasteiger partial charge in [-0.05, 0) is 48.8 Å². The summed E-state index contributed by atoms with van der Waals surface area (Å²) in [5.41, 5.74) is 1.11. The third kappa shape index (κ3) is 5.57. The molecular weight excluding hydrogens is 536 g/mol. The third-order valence-electron chi connectivity index (χ3n) is 9.10. The van der Waals surface area contributed by atoms with Crippen molar-refractivity contribution >= 4 is 34.5 Å². The molecule has 1 saturated heterocycles. The lowest BCUT2D eigenvalue weighted by Gasteiger charge is -2.49. The Labute approximate surface area is 245 Å². The largest absolute Gasteiger partial charge is 0.478 e. The molecule has 1 amide bonds. The molecule has 4 N–H and O–H groups in total. The molecule has 1 aliphatic heterocycles. The third-order valence-corrected chi connectivity index (χ3v) is 9.10. The highest BCUT2D eigenvalue weighted by Crippen LogP contribution is 2.57. The van der Waals surface area contributed by atoms with E-state index in [4.69, 9.17) is 4.74 Å². The Balaban J connectivity index is 1.75. The molecule has 0 radical (unpaired) electrons. The van der Waals surface area contributed by atoms with E-state index in [1.807, 2.05) is 44.3 Å². The van der Waals surface area contributed by atoms with E-state index < -0.39 is 53.0 Å². The second-order valence-electron chi connectivity index (χ2n) is 11.7. The average Bonchev–Trinajstić information content (AvgIpc) is 3.50. The second kappa shape index (κ2) is 12.5. The van der Waals surface area contributed by atoms with Crippen molar-refractivity contribution in [3.8, 4) is 0 Å². The number of nitrogens with one attached hydrogen (secondary N) is 2. The number of benzene rings is 1. The molecule has 0 spiro atoms. The summed E-state index contributed by atoms with van der Waals surface area (Å²) in [6.45, 7) is 9.47. The number of aliphatic carboxylic acids is 1. The van der Waals surface area contributed by atoms with Crippen molar-refractivity contribution in [2.24, 2.45) is 29.1 Å². The number of aliphatic hydroxyl groups excluding tert-OH is 1. The van der Waals surface area contributed by atoms with Crippen molar-refractivity contribution in [2.45, 2.75) is 58.6 Å². The number of carbonyl (C=O) groups excluding carboxylic acids is 3. The molecule has 4 rings (SSSR count). The summed E-state index contributed by atoms with van der Waals surface area (Å²) in [5, 5.41) is 24.9. The highest BCUT2D eigenvalue weighted by Gasteiger charge is 2.68. The number of ketones is 1. The number of aromatic amines is 1. The number of methoxy groups -OCH3 is 1. The number of H-pyrrole nitrogens is 1. The van der Waals surface area contributed by atoms with Crippen LogP contribution in [0.3, 0.4) is 0 Å². The maximum absolute atomic E-state index is 14.2. The van der Waals surface area contributed by atoms with E-state index in [1.54, 1.807) is 18.2 Å². The van der Waals surface area contributed by atoms with Crippen molar-refractivity contribution in [1.29, 1.82) is 0 Å². The minimum Gasteiger partial charge on any atom is -0.478 e. The lowest BCUT2D eigenvalue weighted by atomic mass is 9.51. The van der Waals surface area contributed by atoms with Gasteiger partial charge in [0, 0.05) is 47.0 Å². The molecule has 9 heteroatoms. The zero-order valence-electron chi connectivity index (χ0n) is 24.6. The first-order valence-corrected chi connectivity index (χ1v) is 14.3. The second-order valence-corrected chi connectivity index (χ2v) is 11.7. The van der Waals surface area contributed by atoms with Crippen molar-refractivity contribution in [2.75, 3.05) is 7.11 Å². The van der Waals surface area contributed by atoms with Gasteiger partial charge in [-0.3, -0.25) is 14.4 Å². The summed E-state index contributed by atoms with van der Waals surface area (Å²) < 4.78 is 4.76. The maximum atomic E-state index is 14.2. The molecule has 2 aliphatic rings. The number of rotatable bonds is 11. The van der Waals surface area contributed by atoms with Crippen LogP contribution in [0, 0.1) is 29.1 Å². The summed E-state index contributed by atoms with van der Waals surface area (Å²) in [6.07, 6.45) is 6.41. The first-order valence-electron chi connectivity index (χ1n) is 14.3. The van der Waals surface area contributed by atoms with E-state index in [0.29, 0.717) is 18.4 Å². The van der Waals surface area contributed by atoms with Gasteiger partial charge in [0.25, 0.3) is 0 Å². The Hall–Kier alpha value is -3.98. The van der Waals surface area contributed by atoms with Gasteiger partial charge in [0.2, 0.25) is 5.91 Å². The van der Waals surface area contributed by atoms with Crippen LogP contribution >= 0.6 is 0 Å². The number of fused-ring (bicyclic) bond motifs is 2. The Morgan fingerprint density at radius 2 is 1.93 bits per heavy atom. The number of carboxylic acids is 1. The smallest absolute Gasteiger partial charge is 0.330 e. The molecule has 224 valence electrons. The number of carboxylic acid groups (broad SMARTS) is 1. The summed E-state index contributed by atoms with van der Waals surface area (Å²) in [4.78, 5) is 54.8. The summed E-state index contributed by atoms with van der Waals surface area (Å²) >= 11 is 0. The zero-order chi connectivity index (χ0) is 30.8. The number of Topliss-reactive ketones (excluding diaryl/α,β-unsaturated/α-hetero) is 1. The van der Waals surface area contributed by atoms with E-state index in [1.165, 1.54) is 14.0 Å². The fourth-order valence-electron chi connectivity index (χ4n) is 6.94. The molecule has 1 saturated carbocycles. The van der Waals surface area contributed by atoms with Gasteiger partial charge in [-0.25, -0.2) is 4.79 Å². The van der Waals surface area contributed by atoms with Crippen LogP contribution in [-0.4, -0.2) is 58.1 Å². The molecule has 2 fully saturated rings. The molecule has 9 nitrogen and oxygen atoms in total. The van der Waals surface area contributed by atoms with E-state index in [0.717, 1.165) is 16.5 Å². The van der Waals surface area contributed by atoms with Crippen molar-refractivity contribution in [1.82, 2.24) is 10.3 Å². The molecule has 2 heterocycles. The minimum absolute atomic E-state index is 0.131. The van der Waals surface area contributed by atoms with Gasteiger partial charge >= 0.3 is 11.9 Å². The number of ether oxygens (including phenoxy) is 1. The van der Waals surface area contributed by atoms with Gasteiger partial charge in [0.1, 0.15) is 11.2 Å². The number of esters is 1. The number of para-hydroxylation sites is 1. The molecule has 1 aromatic carbocycles. The Morgan fingerprint density at radius 1 is 1.21 bits per heavy atom. The van der Waals surface area contributed by atoms with Gasteiger partial charge in [-0.2, -0.15) is 0 Å². The summed E-state index contributed by atoms with van der Waals surface area (Å²) in [5.74, 6) is -4.38. The highest BCUT2D eigenvalue weighted by atomic mass is 16.5. The van der Waals surface area contributed by atoms with E-state index >= 15 is 0 Å². The van der Waals surface area contributed by atoms with E-state index in [2.05, 4.69) is 16.9 Å². The predicted octanol–water partition coefficient (Wildman–Crippen LogP) is 4.13. The summed E-state index contributed by atoms with van der Waals surface area (Å²) in [6, 6.07) is 7.45. The number of aliphatic hydroxyl groups is 1. The number of carbonyl (C=O) groups is 4. The fourth-order valence-corrected chi connectivity index (χ4v) is 6.94. The number of allylic oxidation sites excluding steroid dienone is 2. The minimum atomic E-state index is -1.63. The van der Waals surface area contributed by atoms with Crippen LogP contribution in [0.5, 0.6) is 0 Å². The standard InChI is InChI=1S/C33H40N2O7/c1-18(15-19(2)31(39)40)9-8-11-24-30(38)21(4)20(3)29-26(16-22-17-34-25-12-7-6-10-23(22)25)35-32(41)33(24,29)27(36)13-14-28(37)42-5/h6-8,10-12,15,17-18,20,24,26,29-30,34,38H,4,9,13-14,16H2,1-3,5H3,(H,35,41)(H,39,40)/t18-,20+,24-,26-,29-,30+,33?/m0/s1. The van der Waals surface area contributed by atoms with Gasteiger partial charge in [0.15, 0.2) is 0 Å². The number of amides is 1. The van der Waals surface area contributed by atoms with Crippen molar-refractivity contribution < 1.29 is 34.1 Å². The quantitative estimate of drug-likeness (QED) is 0.136. The topological polar surface area (TPSA) is 146 Å². The lowest BCUT2D eigenvalue weighted by molar-refractivity contribution is -0.153. The maximum Gasteiger partial charge on any atom is 0.330 e. The normalized spacial score (nSPS) is 28.5. The van der Waals surface area contributed by atoms with Gasteiger partial charge in [-0.15, -0.1) is 0 Å². The number of hydrogen-bond donors (Lipinski definition) is 4. The average molecular weight is 577 g/mol. The molecule has 1 unspecified atom stereocenters. The van der Waals surface area contributed by atoms with Crippen LogP contribution in [0.1, 0.15) is 45.6 Å². The van der Waals surface area contributed by atoms with E-state index in [-0.39, 0.29) is 30.3 Å².